The van der Waals surface area contributed by atoms with Gasteiger partial charge in [-0.1, -0.05) is 61.5 Å². The number of benzene rings is 2. The molecule has 0 fully saturated rings. The summed E-state index contributed by atoms with van der Waals surface area (Å²) in [5.41, 5.74) is 3.73. The third-order valence-electron chi connectivity index (χ3n) is 4.76. The van der Waals surface area contributed by atoms with Gasteiger partial charge in [0.25, 0.3) is 0 Å². The van der Waals surface area contributed by atoms with Gasteiger partial charge in [-0.3, -0.25) is 9.59 Å². The topological polar surface area (TPSA) is 49.4 Å². The van der Waals surface area contributed by atoms with Crippen LogP contribution in [0.5, 0.6) is 0 Å². The molecule has 0 aromatic heterocycles. The van der Waals surface area contributed by atoms with Crippen molar-refractivity contribution in [1.29, 1.82) is 0 Å². The van der Waals surface area contributed by atoms with Crippen LogP contribution in [-0.4, -0.2) is 29.8 Å². The molecule has 0 bridgehead atoms. The molecule has 25 heavy (non-hydrogen) atoms. The molecule has 1 aliphatic rings. The quantitative estimate of drug-likeness (QED) is 0.913. The van der Waals surface area contributed by atoms with Crippen LogP contribution in [0.25, 0.3) is 0 Å². The molecule has 0 radical (unpaired) electrons. The Bertz CT molecular complexity index is 743. The molecule has 1 N–H and O–H groups in total. The molecule has 2 amide bonds. The van der Waals surface area contributed by atoms with Crippen LogP contribution in [0.2, 0.25) is 0 Å². The second-order valence-corrected chi connectivity index (χ2v) is 6.37. The zero-order valence-corrected chi connectivity index (χ0v) is 14.6. The van der Waals surface area contributed by atoms with Gasteiger partial charge in [-0.05, 0) is 29.5 Å². The fourth-order valence-corrected chi connectivity index (χ4v) is 3.41. The molecule has 4 heteroatoms. The minimum atomic E-state index is -0.0923. The van der Waals surface area contributed by atoms with Crippen LogP contribution in [0.4, 0.5) is 0 Å². The van der Waals surface area contributed by atoms with Crippen molar-refractivity contribution in [3.63, 3.8) is 0 Å². The Kier molecular flexibility index (Phi) is 5.49. The first-order valence-corrected chi connectivity index (χ1v) is 8.87. The van der Waals surface area contributed by atoms with Crippen LogP contribution < -0.4 is 5.32 Å². The number of nitrogens with zero attached hydrogens (tertiary/aromatic N) is 1. The number of hydrogen-bond acceptors (Lipinski definition) is 2. The van der Waals surface area contributed by atoms with Crippen molar-refractivity contribution in [3.8, 4) is 0 Å². The highest BCUT2D eigenvalue weighted by Gasteiger charge is 2.30. The third kappa shape index (κ3) is 4.08. The summed E-state index contributed by atoms with van der Waals surface area (Å²) < 4.78 is 0. The zero-order chi connectivity index (χ0) is 17.6. The SMILES string of the molecule is CCC(=O)NCC(=O)N1CCc2ccccc2C1Cc1ccccc1. The number of carbonyl (C=O) groups excluding carboxylic acids is 2. The lowest BCUT2D eigenvalue weighted by molar-refractivity contribution is -0.135. The molecule has 0 spiro atoms. The summed E-state index contributed by atoms with van der Waals surface area (Å²) in [4.78, 5) is 26.2. The van der Waals surface area contributed by atoms with E-state index >= 15 is 0 Å². The number of rotatable bonds is 5. The van der Waals surface area contributed by atoms with Crippen molar-refractivity contribution in [3.05, 3.63) is 71.3 Å². The number of nitrogens with one attached hydrogen (secondary N) is 1. The largest absolute Gasteiger partial charge is 0.347 e. The van der Waals surface area contributed by atoms with E-state index in [1.54, 1.807) is 6.92 Å². The molecule has 0 aliphatic carbocycles. The van der Waals surface area contributed by atoms with Crippen molar-refractivity contribution in [2.45, 2.75) is 32.2 Å². The predicted molar refractivity (Wildman–Crippen MR) is 98.0 cm³/mol. The highest BCUT2D eigenvalue weighted by Crippen LogP contribution is 2.32. The first-order chi connectivity index (χ1) is 12.2. The Labute approximate surface area is 148 Å². The summed E-state index contributed by atoms with van der Waals surface area (Å²) in [6, 6.07) is 18.6. The average Bonchev–Trinajstić information content (AvgIpc) is 2.67. The van der Waals surface area contributed by atoms with Gasteiger partial charge in [0.05, 0.1) is 12.6 Å². The number of fused-ring (bicyclic) bond motifs is 1. The lowest BCUT2D eigenvalue weighted by Crippen LogP contribution is -2.45. The van der Waals surface area contributed by atoms with Crippen molar-refractivity contribution in [2.24, 2.45) is 0 Å². The van der Waals surface area contributed by atoms with Gasteiger partial charge in [-0.15, -0.1) is 0 Å². The minimum Gasteiger partial charge on any atom is -0.347 e. The van der Waals surface area contributed by atoms with E-state index < -0.39 is 0 Å². The zero-order valence-electron chi connectivity index (χ0n) is 14.6. The maximum atomic E-state index is 12.7. The maximum Gasteiger partial charge on any atom is 0.242 e. The van der Waals surface area contributed by atoms with Crippen LogP contribution >= 0.6 is 0 Å². The van der Waals surface area contributed by atoms with Gasteiger partial charge in [0.2, 0.25) is 11.8 Å². The molecule has 3 rings (SSSR count). The van der Waals surface area contributed by atoms with Gasteiger partial charge in [0.15, 0.2) is 0 Å². The first kappa shape index (κ1) is 17.2. The van der Waals surface area contributed by atoms with E-state index in [2.05, 4.69) is 35.6 Å². The van der Waals surface area contributed by atoms with Crippen molar-refractivity contribution >= 4 is 11.8 Å². The van der Waals surface area contributed by atoms with E-state index in [0.29, 0.717) is 13.0 Å². The molecule has 1 atom stereocenters. The molecule has 1 unspecified atom stereocenters. The third-order valence-corrected chi connectivity index (χ3v) is 4.76. The normalized spacial score (nSPS) is 16.2. The van der Waals surface area contributed by atoms with Crippen LogP contribution in [0.15, 0.2) is 54.6 Å². The molecular formula is C21H24N2O2. The Morgan fingerprint density at radius 3 is 2.56 bits per heavy atom. The van der Waals surface area contributed by atoms with E-state index in [4.69, 9.17) is 0 Å². The van der Waals surface area contributed by atoms with E-state index in [0.717, 1.165) is 12.8 Å². The van der Waals surface area contributed by atoms with Gasteiger partial charge in [0.1, 0.15) is 0 Å². The summed E-state index contributed by atoms with van der Waals surface area (Å²) in [5, 5.41) is 2.71. The number of hydrogen-bond donors (Lipinski definition) is 1. The Morgan fingerprint density at radius 2 is 1.80 bits per heavy atom. The smallest absolute Gasteiger partial charge is 0.242 e. The van der Waals surface area contributed by atoms with Crippen LogP contribution in [0.3, 0.4) is 0 Å². The molecule has 4 nitrogen and oxygen atoms in total. The summed E-state index contributed by atoms with van der Waals surface area (Å²) in [6.45, 7) is 2.55. The van der Waals surface area contributed by atoms with Crippen LogP contribution in [0.1, 0.15) is 36.1 Å². The van der Waals surface area contributed by atoms with Gasteiger partial charge in [-0.2, -0.15) is 0 Å². The molecule has 1 aliphatic heterocycles. The summed E-state index contributed by atoms with van der Waals surface area (Å²) in [7, 11) is 0. The lowest BCUT2D eigenvalue weighted by Gasteiger charge is -2.37. The van der Waals surface area contributed by atoms with Crippen LogP contribution in [0, 0.1) is 0 Å². The highest BCUT2D eigenvalue weighted by molar-refractivity contribution is 5.85. The fourth-order valence-electron chi connectivity index (χ4n) is 3.41. The molecule has 2 aromatic carbocycles. The van der Waals surface area contributed by atoms with E-state index in [-0.39, 0.29) is 24.4 Å². The minimum absolute atomic E-state index is 0.0124. The van der Waals surface area contributed by atoms with E-state index in [1.165, 1.54) is 16.7 Å². The molecule has 0 saturated heterocycles. The second kappa shape index (κ2) is 7.97. The molecule has 0 saturated carbocycles. The summed E-state index contributed by atoms with van der Waals surface area (Å²) in [5.74, 6) is -0.109. The number of carbonyl (C=O) groups is 2. The van der Waals surface area contributed by atoms with Gasteiger partial charge in [-0.25, -0.2) is 0 Å². The second-order valence-electron chi connectivity index (χ2n) is 6.37. The average molecular weight is 336 g/mol. The van der Waals surface area contributed by atoms with Gasteiger partial charge in [0, 0.05) is 13.0 Å². The summed E-state index contributed by atoms with van der Waals surface area (Å²) in [6.07, 6.45) is 2.03. The standard InChI is InChI=1S/C21H24N2O2/c1-2-20(24)22-15-21(25)23-13-12-17-10-6-7-11-18(17)19(23)14-16-8-4-3-5-9-16/h3-11,19H,2,12-15H2,1H3,(H,22,24). The van der Waals surface area contributed by atoms with E-state index in [1.807, 2.05) is 29.2 Å². The van der Waals surface area contributed by atoms with Gasteiger partial charge < -0.3 is 10.2 Å². The Morgan fingerprint density at radius 1 is 1.08 bits per heavy atom. The van der Waals surface area contributed by atoms with Crippen LogP contribution in [-0.2, 0) is 22.4 Å². The predicted octanol–water partition coefficient (Wildman–Crippen LogP) is 2.88. The highest BCUT2D eigenvalue weighted by atomic mass is 16.2. The van der Waals surface area contributed by atoms with Crippen molar-refractivity contribution in [2.75, 3.05) is 13.1 Å². The Balaban J connectivity index is 1.83. The molecule has 1 heterocycles. The fraction of sp³-hybridized carbons (Fsp3) is 0.333. The van der Waals surface area contributed by atoms with Gasteiger partial charge >= 0.3 is 0 Å². The summed E-state index contributed by atoms with van der Waals surface area (Å²) >= 11 is 0. The van der Waals surface area contributed by atoms with Crippen molar-refractivity contribution in [1.82, 2.24) is 10.2 Å². The monoisotopic (exact) mass is 336 g/mol. The number of amides is 2. The molecule has 2 aromatic rings. The Hall–Kier alpha value is -2.62. The molecule has 130 valence electrons. The lowest BCUT2D eigenvalue weighted by atomic mass is 9.88. The van der Waals surface area contributed by atoms with Crippen molar-refractivity contribution < 1.29 is 9.59 Å². The first-order valence-electron chi connectivity index (χ1n) is 8.87. The molecular weight excluding hydrogens is 312 g/mol. The maximum absolute atomic E-state index is 12.7. The van der Waals surface area contributed by atoms with E-state index in [9.17, 15) is 9.59 Å².